The maximum Gasteiger partial charge on any atom is 0.234 e. The number of nitrogens with one attached hydrogen (secondary N) is 2. The highest BCUT2D eigenvalue weighted by molar-refractivity contribution is 7.91. The fraction of sp³-hybridized carbons (Fsp3) is 0.714. The van der Waals surface area contributed by atoms with Gasteiger partial charge in [-0.2, -0.15) is 5.10 Å². The van der Waals surface area contributed by atoms with E-state index >= 15 is 0 Å². The van der Waals surface area contributed by atoms with Crippen molar-refractivity contribution in [3.63, 3.8) is 0 Å². The average molecular weight is 326 g/mol. The zero-order valence-electron chi connectivity index (χ0n) is 12.5. The highest BCUT2D eigenvalue weighted by Gasteiger charge is 2.29. The van der Waals surface area contributed by atoms with Gasteiger partial charge in [0.25, 0.3) is 0 Å². The standard InChI is InChI=1S/C14H22N4O3S/c19-14(16-12-4-8-22(20,21)10-12)9-18-6-2-11(3-7-18)13-1-5-15-17-13/h1,5,11-12H,2-4,6-10H2,(H,15,17)(H,16,19)/t12-/m0/s1. The van der Waals surface area contributed by atoms with Crippen LogP contribution in [0.25, 0.3) is 0 Å². The summed E-state index contributed by atoms with van der Waals surface area (Å²) in [4.78, 5) is 14.2. The second-order valence-corrected chi connectivity index (χ2v) is 8.46. The summed E-state index contributed by atoms with van der Waals surface area (Å²) in [5.74, 6) is 0.692. The molecule has 1 aromatic rings. The van der Waals surface area contributed by atoms with Crippen LogP contribution in [0.5, 0.6) is 0 Å². The number of amides is 1. The zero-order valence-corrected chi connectivity index (χ0v) is 13.3. The van der Waals surface area contributed by atoms with Crippen molar-refractivity contribution >= 4 is 15.7 Å². The number of carbonyl (C=O) groups is 1. The molecule has 1 amide bonds. The minimum absolute atomic E-state index is 0.0675. The molecule has 0 spiro atoms. The lowest BCUT2D eigenvalue weighted by molar-refractivity contribution is -0.123. The Kier molecular flexibility index (Phi) is 4.49. The number of sulfone groups is 1. The summed E-state index contributed by atoms with van der Waals surface area (Å²) < 4.78 is 22.8. The number of piperidine rings is 1. The van der Waals surface area contributed by atoms with Gasteiger partial charge in [-0.1, -0.05) is 0 Å². The number of carbonyl (C=O) groups excluding carboxylic acids is 1. The fourth-order valence-electron chi connectivity index (χ4n) is 3.28. The molecule has 0 aromatic carbocycles. The van der Waals surface area contributed by atoms with Crippen molar-refractivity contribution in [1.29, 1.82) is 0 Å². The molecule has 3 heterocycles. The van der Waals surface area contributed by atoms with Crippen molar-refractivity contribution in [1.82, 2.24) is 20.4 Å². The van der Waals surface area contributed by atoms with E-state index in [9.17, 15) is 13.2 Å². The van der Waals surface area contributed by atoms with Crippen molar-refractivity contribution < 1.29 is 13.2 Å². The molecule has 1 aromatic heterocycles. The van der Waals surface area contributed by atoms with Gasteiger partial charge in [0.1, 0.15) is 0 Å². The van der Waals surface area contributed by atoms with Crippen LogP contribution < -0.4 is 5.32 Å². The smallest absolute Gasteiger partial charge is 0.234 e. The van der Waals surface area contributed by atoms with Gasteiger partial charge in [0.15, 0.2) is 9.84 Å². The topological polar surface area (TPSA) is 95.2 Å². The van der Waals surface area contributed by atoms with Crippen LogP contribution in [0.3, 0.4) is 0 Å². The number of rotatable bonds is 4. The van der Waals surface area contributed by atoms with E-state index in [-0.39, 0.29) is 23.5 Å². The highest BCUT2D eigenvalue weighted by atomic mass is 32.2. The second-order valence-electron chi connectivity index (χ2n) is 6.23. The van der Waals surface area contributed by atoms with E-state index in [0.717, 1.165) is 25.9 Å². The predicted octanol–water partition coefficient (Wildman–Crippen LogP) is -0.108. The molecular formula is C14H22N4O3S. The Bertz CT molecular complexity index is 606. The Balaban J connectivity index is 1.42. The van der Waals surface area contributed by atoms with Gasteiger partial charge in [0.2, 0.25) is 5.91 Å². The van der Waals surface area contributed by atoms with Gasteiger partial charge in [0.05, 0.1) is 18.1 Å². The van der Waals surface area contributed by atoms with Gasteiger partial charge in [-0.15, -0.1) is 0 Å². The molecule has 0 saturated carbocycles. The minimum atomic E-state index is -2.94. The predicted molar refractivity (Wildman–Crippen MR) is 82.2 cm³/mol. The third kappa shape index (κ3) is 3.86. The largest absolute Gasteiger partial charge is 0.351 e. The van der Waals surface area contributed by atoms with E-state index in [1.54, 1.807) is 6.20 Å². The number of hydrogen-bond acceptors (Lipinski definition) is 5. The van der Waals surface area contributed by atoms with Gasteiger partial charge in [0, 0.05) is 23.9 Å². The number of aromatic nitrogens is 2. The van der Waals surface area contributed by atoms with Crippen LogP contribution in [-0.2, 0) is 14.6 Å². The molecule has 7 nitrogen and oxygen atoms in total. The Morgan fingerprint density at radius 2 is 2.14 bits per heavy atom. The molecule has 2 aliphatic rings. The first-order valence-corrected chi connectivity index (χ1v) is 9.55. The first-order chi connectivity index (χ1) is 10.5. The van der Waals surface area contributed by atoms with Crippen LogP contribution in [0.2, 0.25) is 0 Å². The lowest BCUT2D eigenvalue weighted by Gasteiger charge is -2.31. The summed E-state index contributed by atoms with van der Waals surface area (Å²) in [6, 6.07) is 1.80. The average Bonchev–Trinajstić information content (AvgIpc) is 3.09. The molecule has 22 heavy (non-hydrogen) atoms. The molecule has 2 saturated heterocycles. The van der Waals surface area contributed by atoms with Crippen molar-refractivity contribution in [2.24, 2.45) is 0 Å². The monoisotopic (exact) mass is 326 g/mol. The van der Waals surface area contributed by atoms with Gasteiger partial charge < -0.3 is 5.32 Å². The molecule has 0 unspecified atom stereocenters. The van der Waals surface area contributed by atoms with Crippen molar-refractivity contribution in [2.45, 2.75) is 31.2 Å². The summed E-state index contributed by atoms with van der Waals surface area (Å²) in [5.41, 5.74) is 1.17. The van der Waals surface area contributed by atoms with Crippen LogP contribution >= 0.6 is 0 Å². The second kappa shape index (κ2) is 6.37. The van der Waals surface area contributed by atoms with E-state index in [0.29, 0.717) is 18.9 Å². The van der Waals surface area contributed by atoms with E-state index in [4.69, 9.17) is 0 Å². The lowest BCUT2D eigenvalue weighted by atomic mass is 9.94. The molecule has 8 heteroatoms. The fourth-order valence-corrected chi connectivity index (χ4v) is 4.95. The molecule has 2 N–H and O–H groups in total. The van der Waals surface area contributed by atoms with Crippen molar-refractivity contribution in [2.75, 3.05) is 31.1 Å². The molecule has 0 aliphatic carbocycles. The summed E-state index contributed by atoms with van der Waals surface area (Å²) >= 11 is 0. The molecule has 2 fully saturated rings. The SMILES string of the molecule is O=C(CN1CCC(c2ccn[nH]2)CC1)N[C@H]1CCS(=O)(=O)C1. The summed E-state index contributed by atoms with van der Waals surface area (Å²) in [7, 11) is -2.94. The number of H-pyrrole nitrogens is 1. The van der Waals surface area contributed by atoms with Crippen LogP contribution in [0.4, 0.5) is 0 Å². The molecule has 1 atom stereocenters. The molecule has 2 aliphatic heterocycles. The summed E-state index contributed by atoms with van der Waals surface area (Å²) in [6.45, 7) is 2.10. The van der Waals surface area contributed by atoms with Gasteiger partial charge >= 0.3 is 0 Å². The summed E-state index contributed by atoms with van der Waals surface area (Å²) in [5, 5.41) is 9.84. The van der Waals surface area contributed by atoms with Crippen molar-refractivity contribution in [3.8, 4) is 0 Å². The van der Waals surface area contributed by atoms with E-state index < -0.39 is 9.84 Å². The molecular weight excluding hydrogens is 304 g/mol. The van der Waals surface area contributed by atoms with Crippen LogP contribution in [0.1, 0.15) is 30.9 Å². The van der Waals surface area contributed by atoms with Gasteiger partial charge in [-0.25, -0.2) is 8.42 Å². The Hall–Kier alpha value is -1.41. The number of nitrogens with zero attached hydrogens (tertiary/aromatic N) is 2. The maximum absolute atomic E-state index is 12.0. The molecule has 0 radical (unpaired) electrons. The van der Waals surface area contributed by atoms with Crippen LogP contribution in [0.15, 0.2) is 12.3 Å². The quantitative estimate of drug-likeness (QED) is 0.805. The van der Waals surface area contributed by atoms with Crippen molar-refractivity contribution in [3.05, 3.63) is 18.0 Å². The zero-order chi connectivity index (χ0) is 15.6. The number of hydrogen-bond donors (Lipinski definition) is 2. The minimum Gasteiger partial charge on any atom is -0.351 e. The third-order valence-corrected chi connectivity index (χ3v) is 6.28. The van der Waals surface area contributed by atoms with Gasteiger partial charge in [-0.05, 0) is 38.4 Å². The van der Waals surface area contributed by atoms with Gasteiger partial charge in [-0.3, -0.25) is 14.8 Å². The Morgan fingerprint density at radius 1 is 1.36 bits per heavy atom. The third-order valence-electron chi connectivity index (χ3n) is 4.51. The van der Waals surface area contributed by atoms with E-state index in [1.165, 1.54) is 5.69 Å². The molecule has 122 valence electrons. The first kappa shape index (κ1) is 15.5. The highest BCUT2D eigenvalue weighted by Crippen LogP contribution is 2.25. The maximum atomic E-state index is 12.0. The first-order valence-electron chi connectivity index (χ1n) is 7.73. The molecule has 0 bridgehead atoms. The van der Waals surface area contributed by atoms with Crippen LogP contribution in [-0.4, -0.2) is 66.6 Å². The Morgan fingerprint density at radius 3 is 2.73 bits per heavy atom. The summed E-state index contributed by atoms with van der Waals surface area (Å²) in [6.07, 6.45) is 4.32. The van der Waals surface area contributed by atoms with E-state index in [2.05, 4.69) is 20.4 Å². The normalized spacial score (nSPS) is 26.1. The van der Waals surface area contributed by atoms with E-state index in [1.807, 2.05) is 6.07 Å². The Labute approximate surface area is 130 Å². The van der Waals surface area contributed by atoms with Crippen LogP contribution in [0, 0.1) is 0 Å². The number of aromatic amines is 1. The lowest BCUT2D eigenvalue weighted by Crippen LogP contribution is -2.44. The number of likely N-dealkylation sites (tertiary alicyclic amines) is 1. The molecule has 3 rings (SSSR count).